The molecule has 0 aliphatic heterocycles. The molecule has 1 heterocycles. The Labute approximate surface area is 88.4 Å². The fraction of sp³-hybridized carbons (Fsp3) is 0.545. The van der Waals surface area contributed by atoms with Gasteiger partial charge in [0.15, 0.2) is 0 Å². The second-order valence-electron chi connectivity index (χ2n) is 4.08. The number of aliphatic carboxylic acids is 1. The molecule has 1 fully saturated rings. The first-order chi connectivity index (χ1) is 7.08. The van der Waals surface area contributed by atoms with Crippen LogP contribution in [0.15, 0.2) is 0 Å². The number of carboxylic acids is 1. The van der Waals surface area contributed by atoms with Crippen molar-refractivity contribution in [3.63, 3.8) is 0 Å². The zero-order valence-corrected chi connectivity index (χ0v) is 8.95. The van der Waals surface area contributed by atoms with Gasteiger partial charge in [-0.2, -0.15) is 0 Å². The number of aryl methyl sites for hydroxylation is 2. The number of hydrogen-bond acceptors (Lipinski definition) is 3. The van der Waals surface area contributed by atoms with Crippen molar-refractivity contribution in [2.45, 2.75) is 39.0 Å². The van der Waals surface area contributed by atoms with Gasteiger partial charge in [0, 0.05) is 22.9 Å². The van der Waals surface area contributed by atoms with Gasteiger partial charge in [0.05, 0.1) is 6.42 Å². The molecular weight excluding hydrogens is 192 g/mol. The molecule has 0 radical (unpaired) electrons. The quantitative estimate of drug-likeness (QED) is 0.815. The van der Waals surface area contributed by atoms with Crippen LogP contribution < -0.4 is 0 Å². The first-order valence-corrected chi connectivity index (χ1v) is 5.13. The van der Waals surface area contributed by atoms with Crippen LogP contribution in [0.4, 0.5) is 0 Å². The monoisotopic (exact) mass is 206 g/mol. The zero-order chi connectivity index (χ0) is 11.0. The standard InChI is InChI=1S/C11H14N2O2/c1-6-9(5-10(14)15)7(2)13-11(12-6)8-3-4-8/h8H,3-5H2,1-2H3,(H,14,15). The van der Waals surface area contributed by atoms with Crippen molar-refractivity contribution in [2.24, 2.45) is 0 Å². The highest BCUT2D eigenvalue weighted by Crippen LogP contribution is 2.38. The Morgan fingerprint density at radius 1 is 1.33 bits per heavy atom. The van der Waals surface area contributed by atoms with Crippen LogP contribution in [0, 0.1) is 13.8 Å². The number of carboxylic acid groups (broad SMARTS) is 1. The maximum Gasteiger partial charge on any atom is 0.307 e. The predicted molar refractivity (Wildman–Crippen MR) is 54.8 cm³/mol. The summed E-state index contributed by atoms with van der Waals surface area (Å²) in [6.45, 7) is 3.72. The number of aromatic nitrogens is 2. The summed E-state index contributed by atoms with van der Waals surface area (Å²) in [6.07, 6.45) is 2.34. The van der Waals surface area contributed by atoms with Gasteiger partial charge < -0.3 is 5.11 Å². The van der Waals surface area contributed by atoms with E-state index in [0.29, 0.717) is 5.92 Å². The summed E-state index contributed by atoms with van der Waals surface area (Å²) in [6, 6.07) is 0. The molecule has 0 aromatic carbocycles. The van der Waals surface area contributed by atoms with E-state index in [0.717, 1.165) is 35.6 Å². The molecule has 0 saturated heterocycles. The van der Waals surface area contributed by atoms with E-state index >= 15 is 0 Å². The Balaban J connectivity index is 2.34. The lowest BCUT2D eigenvalue weighted by molar-refractivity contribution is -0.136. The van der Waals surface area contributed by atoms with Gasteiger partial charge in [-0.05, 0) is 26.7 Å². The number of carbonyl (C=O) groups is 1. The lowest BCUT2D eigenvalue weighted by Gasteiger charge is -2.08. The lowest BCUT2D eigenvalue weighted by atomic mass is 10.1. The van der Waals surface area contributed by atoms with Gasteiger partial charge in [-0.25, -0.2) is 9.97 Å². The minimum absolute atomic E-state index is 0.0165. The SMILES string of the molecule is Cc1nc(C2CC2)nc(C)c1CC(=O)O. The highest BCUT2D eigenvalue weighted by Gasteiger charge is 2.27. The van der Waals surface area contributed by atoms with Crippen LogP contribution in [-0.2, 0) is 11.2 Å². The second kappa shape index (κ2) is 3.61. The van der Waals surface area contributed by atoms with Gasteiger partial charge in [-0.1, -0.05) is 0 Å². The molecule has 4 nitrogen and oxygen atoms in total. The summed E-state index contributed by atoms with van der Waals surface area (Å²) in [7, 11) is 0. The Kier molecular flexibility index (Phi) is 2.42. The molecule has 0 amide bonds. The van der Waals surface area contributed by atoms with Gasteiger partial charge in [-0.3, -0.25) is 4.79 Å². The Bertz CT molecular complexity index is 388. The Hall–Kier alpha value is -1.45. The minimum Gasteiger partial charge on any atom is -0.481 e. The Morgan fingerprint density at radius 3 is 2.27 bits per heavy atom. The van der Waals surface area contributed by atoms with Crippen LogP contribution >= 0.6 is 0 Å². The summed E-state index contributed by atoms with van der Waals surface area (Å²) >= 11 is 0. The molecule has 4 heteroatoms. The van der Waals surface area contributed by atoms with E-state index in [2.05, 4.69) is 9.97 Å². The van der Waals surface area contributed by atoms with Crippen molar-refractivity contribution in [1.29, 1.82) is 0 Å². The van der Waals surface area contributed by atoms with E-state index < -0.39 is 5.97 Å². The number of rotatable bonds is 3. The number of hydrogen-bond donors (Lipinski definition) is 1. The van der Waals surface area contributed by atoms with Crippen molar-refractivity contribution in [3.05, 3.63) is 22.8 Å². The highest BCUT2D eigenvalue weighted by molar-refractivity contribution is 5.70. The van der Waals surface area contributed by atoms with Crippen molar-refractivity contribution >= 4 is 5.97 Å². The van der Waals surface area contributed by atoms with Crippen molar-refractivity contribution in [2.75, 3.05) is 0 Å². The van der Waals surface area contributed by atoms with Gasteiger partial charge in [0.1, 0.15) is 5.82 Å². The third-order valence-corrected chi connectivity index (χ3v) is 2.71. The molecule has 15 heavy (non-hydrogen) atoms. The molecule has 1 aromatic heterocycles. The maximum absolute atomic E-state index is 10.6. The molecule has 80 valence electrons. The maximum atomic E-state index is 10.6. The van der Waals surface area contributed by atoms with Crippen LogP contribution in [0.2, 0.25) is 0 Å². The number of nitrogens with zero attached hydrogens (tertiary/aromatic N) is 2. The van der Waals surface area contributed by atoms with E-state index in [1.165, 1.54) is 0 Å². The van der Waals surface area contributed by atoms with E-state index in [-0.39, 0.29) is 6.42 Å². The fourth-order valence-electron chi connectivity index (χ4n) is 1.70. The topological polar surface area (TPSA) is 63.1 Å². The average Bonchev–Trinajstić information content (AvgIpc) is 2.93. The molecule has 1 aromatic rings. The van der Waals surface area contributed by atoms with Crippen LogP contribution in [0.25, 0.3) is 0 Å². The van der Waals surface area contributed by atoms with Crippen LogP contribution in [-0.4, -0.2) is 21.0 Å². The summed E-state index contributed by atoms with van der Waals surface area (Å²) in [5.74, 6) is 0.574. The summed E-state index contributed by atoms with van der Waals surface area (Å²) in [5.41, 5.74) is 2.38. The minimum atomic E-state index is -0.830. The van der Waals surface area contributed by atoms with E-state index in [1.54, 1.807) is 0 Å². The lowest BCUT2D eigenvalue weighted by Crippen LogP contribution is -2.09. The van der Waals surface area contributed by atoms with Crippen LogP contribution in [0.5, 0.6) is 0 Å². The summed E-state index contributed by atoms with van der Waals surface area (Å²) in [4.78, 5) is 19.4. The molecule has 0 atom stereocenters. The van der Waals surface area contributed by atoms with Crippen molar-refractivity contribution in [3.8, 4) is 0 Å². The predicted octanol–water partition coefficient (Wildman–Crippen LogP) is 1.60. The Morgan fingerprint density at radius 2 is 1.87 bits per heavy atom. The molecular formula is C11H14N2O2. The summed E-state index contributed by atoms with van der Waals surface area (Å²) in [5, 5.41) is 8.75. The molecule has 1 aliphatic carbocycles. The van der Waals surface area contributed by atoms with Crippen molar-refractivity contribution in [1.82, 2.24) is 9.97 Å². The molecule has 1 aliphatic rings. The summed E-state index contributed by atoms with van der Waals surface area (Å²) < 4.78 is 0. The van der Waals surface area contributed by atoms with Gasteiger partial charge in [-0.15, -0.1) is 0 Å². The van der Waals surface area contributed by atoms with Gasteiger partial charge in [0.2, 0.25) is 0 Å². The molecule has 0 unspecified atom stereocenters. The van der Waals surface area contributed by atoms with E-state index in [1.807, 2.05) is 13.8 Å². The fourth-order valence-corrected chi connectivity index (χ4v) is 1.70. The molecule has 0 bridgehead atoms. The first-order valence-electron chi connectivity index (χ1n) is 5.13. The third kappa shape index (κ3) is 2.14. The average molecular weight is 206 g/mol. The van der Waals surface area contributed by atoms with E-state index in [9.17, 15) is 4.79 Å². The first kappa shape index (κ1) is 10.1. The molecule has 2 rings (SSSR count). The van der Waals surface area contributed by atoms with Gasteiger partial charge >= 0.3 is 5.97 Å². The van der Waals surface area contributed by atoms with Crippen molar-refractivity contribution < 1.29 is 9.90 Å². The smallest absolute Gasteiger partial charge is 0.307 e. The largest absolute Gasteiger partial charge is 0.481 e. The van der Waals surface area contributed by atoms with Gasteiger partial charge in [0.25, 0.3) is 0 Å². The van der Waals surface area contributed by atoms with Crippen LogP contribution in [0.3, 0.4) is 0 Å². The highest BCUT2D eigenvalue weighted by atomic mass is 16.4. The third-order valence-electron chi connectivity index (χ3n) is 2.71. The zero-order valence-electron chi connectivity index (χ0n) is 8.95. The molecule has 1 N–H and O–H groups in total. The second-order valence-corrected chi connectivity index (χ2v) is 4.08. The molecule has 1 saturated carbocycles. The normalized spacial score (nSPS) is 15.3. The molecule has 0 spiro atoms. The van der Waals surface area contributed by atoms with Crippen LogP contribution in [0.1, 0.15) is 41.5 Å². The van der Waals surface area contributed by atoms with E-state index in [4.69, 9.17) is 5.11 Å².